The van der Waals surface area contributed by atoms with E-state index in [1.807, 2.05) is 0 Å². The molecule has 2 heterocycles. The molecule has 1 saturated heterocycles. The summed E-state index contributed by atoms with van der Waals surface area (Å²) in [6.45, 7) is 1.19. The Bertz CT molecular complexity index is 1040. The number of aromatic amines is 1. The lowest BCUT2D eigenvalue weighted by Gasteiger charge is -2.18. The van der Waals surface area contributed by atoms with Crippen molar-refractivity contribution in [2.24, 2.45) is 10.7 Å². The molecule has 5 N–H and O–H groups in total. The van der Waals surface area contributed by atoms with E-state index in [1.165, 1.54) is 18.5 Å². The maximum atomic E-state index is 14.1. The van der Waals surface area contributed by atoms with Crippen molar-refractivity contribution in [1.82, 2.24) is 4.98 Å². The second kappa shape index (κ2) is 9.64. The minimum Gasteiger partial charge on any atom is -0.404 e. The lowest BCUT2D eigenvalue weighted by molar-refractivity contribution is 0.0872. The van der Waals surface area contributed by atoms with Crippen LogP contribution in [0, 0.1) is 17.0 Å². The molecule has 1 fully saturated rings. The standard InChI is InChI=1S/C20H20ClF2N5O2/c21-13-10-27-20(29)16(18(13)28-19-14(22)2-1-3-15(19)23)17(25)11(8-24)9-26-12-4-6-30-7-5-12/h1-3,8-10,12,25H,4-7,24H2,(H2,27,28,29). The third-order valence-electron chi connectivity index (χ3n) is 4.59. The Morgan fingerprint density at radius 2 is 1.97 bits per heavy atom. The highest BCUT2D eigenvalue weighted by atomic mass is 35.5. The zero-order valence-electron chi connectivity index (χ0n) is 15.8. The number of nitrogens with zero attached hydrogens (tertiary/aromatic N) is 1. The zero-order valence-corrected chi connectivity index (χ0v) is 16.6. The largest absolute Gasteiger partial charge is 0.404 e. The van der Waals surface area contributed by atoms with Crippen LogP contribution in [0.4, 0.5) is 20.2 Å². The van der Waals surface area contributed by atoms with Crippen LogP contribution in [0.3, 0.4) is 0 Å². The number of hydrogen-bond donors (Lipinski definition) is 4. The van der Waals surface area contributed by atoms with Gasteiger partial charge in [0.15, 0.2) is 0 Å². The number of nitrogens with one attached hydrogen (secondary N) is 3. The first-order chi connectivity index (χ1) is 14.4. The lowest BCUT2D eigenvalue weighted by atomic mass is 10.0. The van der Waals surface area contributed by atoms with Crippen molar-refractivity contribution < 1.29 is 13.5 Å². The Balaban J connectivity index is 1.98. The number of rotatable bonds is 6. The van der Waals surface area contributed by atoms with Crippen molar-refractivity contribution >= 4 is 34.9 Å². The maximum Gasteiger partial charge on any atom is 0.259 e. The van der Waals surface area contributed by atoms with Crippen LogP contribution < -0.4 is 16.6 Å². The van der Waals surface area contributed by atoms with Crippen molar-refractivity contribution in [2.75, 3.05) is 18.5 Å². The molecular formula is C20H20ClF2N5O2. The SMILES string of the molecule is N=C(C(C=NC1CCOCC1)=CN)c1c(Nc2c(F)cccc2F)c(Cl)c[nH]c1=O. The van der Waals surface area contributed by atoms with Gasteiger partial charge in [0.25, 0.3) is 5.56 Å². The average molecular weight is 436 g/mol. The molecule has 158 valence electrons. The molecular weight excluding hydrogens is 416 g/mol. The minimum atomic E-state index is -0.875. The second-order valence-corrected chi connectivity index (χ2v) is 6.96. The summed E-state index contributed by atoms with van der Waals surface area (Å²) in [5.74, 6) is -1.75. The van der Waals surface area contributed by atoms with Crippen LogP contribution in [0.25, 0.3) is 0 Å². The summed E-state index contributed by atoms with van der Waals surface area (Å²) < 4.78 is 33.5. The molecule has 0 unspecified atom stereocenters. The molecule has 1 aromatic carbocycles. The van der Waals surface area contributed by atoms with Gasteiger partial charge in [-0.1, -0.05) is 17.7 Å². The van der Waals surface area contributed by atoms with Crippen LogP contribution in [-0.2, 0) is 4.74 Å². The molecule has 30 heavy (non-hydrogen) atoms. The number of nitrogens with two attached hydrogens (primary N) is 1. The Kier molecular flexibility index (Phi) is 6.96. The maximum absolute atomic E-state index is 14.1. The molecule has 0 aliphatic carbocycles. The van der Waals surface area contributed by atoms with E-state index >= 15 is 0 Å². The summed E-state index contributed by atoms with van der Waals surface area (Å²) >= 11 is 6.17. The zero-order chi connectivity index (χ0) is 21.7. The molecule has 1 aliphatic heterocycles. The summed E-state index contributed by atoms with van der Waals surface area (Å²) in [6.07, 6.45) is 5.19. The molecule has 10 heteroatoms. The number of aromatic nitrogens is 1. The Hall–Kier alpha value is -3.04. The normalized spacial score (nSPS) is 15.5. The van der Waals surface area contributed by atoms with Crippen LogP contribution in [0.15, 0.2) is 46.0 Å². The van der Waals surface area contributed by atoms with Gasteiger partial charge in [0.05, 0.1) is 28.0 Å². The number of para-hydroxylation sites is 1. The van der Waals surface area contributed by atoms with Gasteiger partial charge >= 0.3 is 0 Å². The quantitative estimate of drug-likeness (QED) is 0.519. The number of ether oxygens (including phenoxy) is 1. The van der Waals surface area contributed by atoms with Gasteiger partial charge in [-0.2, -0.15) is 0 Å². The van der Waals surface area contributed by atoms with Crippen molar-refractivity contribution in [1.29, 1.82) is 5.41 Å². The van der Waals surface area contributed by atoms with Gasteiger partial charge in [-0.3, -0.25) is 15.2 Å². The molecule has 1 aliphatic rings. The molecule has 0 bridgehead atoms. The van der Waals surface area contributed by atoms with E-state index in [0.29, 0.717) is 13.2 Å². The first kappa shape index (κ1) is 21.7. The lowest BCUT2D eigenvalue weighted by Crippen LogP contribution is -2.23. The van der Waals surface area contributed by atoms with Crippen LogP contribution >= 0.6 is 11.6 Å². The predicted molar refractivity (Wildman–Crippen MR) is 113 cm³/mol. The Morgan fingerprint density at radius 3 is 2.60 bits per heavy atom. The topological polar surface area (TPSA) is 116 Å². The van der Waals surface area contributed by atoms with Gasteiger partial charge in [-0.15, -0.1) is 0 Å². The van der Waals surface area contributed by atoms with Crippen LogP contribution in [0.2, 0.25) is 5.02 Å². The van der Waals surface area contributed by atoms with E-state index in [1.54, 1.807) is 0 Å². The average Bonchev–Trinajstić information content (AvgIpc) is 2.74. The van der Waals surface area contributed by atoms with Crippen LogP contribution in [0.1, 0.15) is 18.4 Å². The Morgan fingerprint density at radius 1 is 1.30 bits per heavy atom. The second-order valence-electron chi connectivity index (χ2n) is 6.56. The number of halogens is 3. The first-order valence-corrected chi connectivity index (χ1v) is 9.54. The van der Waals surface area contributed by atoms with E-state index < -0.39 is 22.9 Å². The molecule has 0 radical (unpaired) electrons. The molecule has 0 amide bonds. The fraction of sp³-hybridized carbons (Fsp3) is 0.250. The predicted octanol–water partition coefficient (Wildman–Crippen LogP) is 3.51. The highest BCUT2D eigenvalue weighted by Gasteiger charge is 2.21. The van der Waals surface area contributed by atoms with E-state index in [0.717, 1.165) is 31.2 Å². The van der Waals surface area contributed by atoms with E-state index in [-0.39, 0.29) is 33.6 Å². The molecule has 0 atom stereocenters. The fourth-order valence-electron chi connectivity index (χ4n) is 2.96. The molecule has 3 rings (SSSR count). The monoisotopic (exact) mass is 435 g/mol. The number of pyridine rings is 1. The third-order valence-corrected chi connectivity index (χ3v) is 4.89. The number of benzene rings is 1. The van der Waals surface area contributed by atoms with Gasteiger partial charge < -0.3 is 20.8 Å². The molecule has 7 nitrogen and oxygen atoms in total. The van der Waals surface area contributed by atoms with E-state index in [2.05, 4.69) is 15.3 Å². The summed E-state index contributed by atoms with van der Waals surface area (Å²) in [5, 5.41) is 11.0. The third kappa shape index (κ3) is 4.74. The molecule has 0 spiro atoms. The van der Waals surface area contributed by atoms with Crippen molar-refractivity contribution in [3.63, 3.8) is 0 Å². The van der Waals surface area contributed by atoms with Crippen molar-refractivity contribution in [3.05, 3.63) is 68.7 Å². The number of anilines is 2. The van der Waals surface area contributed by atoms with Gasteiger partial charge in [0.1, 0.15) is 17.3 Å². The van der Waals surface area contributed by atoms with Gasteiger partial charge in [0, 0.05) is 37.4 Å². The fourth-order valence-corrected chi connectivity index (χ4v) is 3.16. The van der Waals surface area contributed by atoms with Crippen LogP contribution in [0.5, 0.6) is 0 Å². The number of aliphatic imine (C=N–C) groups is 1. The van der Waals surface area contributed by atoms with Gasteiger partial charge in [0.2, 0.25) is 0 Å². The first-order valence-electron chi connectivity index (χ1n) is 9.16. The minimum absolute atomic E-state index is 0.0178. The summed E-state index contributed by atoms with van der Waals surface area (Å²) in [5.41, 5.74) is 4.01. The summed E-state index contributed by atoms with van der Waals surface area (Å²) in [7, 11) is 0. The van der Waals surface area contributed by atoms with Gasteiger partial charge in [-0.25, -0.2) is 8.78 Å². The highest BCUT2D eigenvalue weighted by molar-refractivity contribution is 6.35. The van der Waals surface area contributed by atoms with E-state index in [9.17, 15) is 13.6 Å². The number of hydrogen-bond acceptors (Lipinski definition) is 6. The van der Waals surface area contributed by atoms with Crippen molar-refractivity contribution in [3.8, 4) is 0 Å². The van der Waals surface area contributed by atoms with Gasteiger partial charge in [-0.05, 0) is 25.0 Å². The molecule has 1 aromatic heterocycles. The molecule has 2 aromatic rings. The van der Waals surface area contributed by atoms with Crippen molar-refractivity contribution in [2.45, 2.75) is 18.9 Å². The summed E-state index contributed by atoms with van der Waals surface area (Å²) in [6, 6.07) is 3.34. The van der Waals surface area contributed by atoms with Crippen LogP contribution in [-0.4, -0.2) is 36.2 Å². The molecule has 0 saturated carbocycles. The van der Waals surface area contributed by atoms with E-state index in [4.69, 9.17) is 27.5 Å². The number of H-pyrrole nitrogens is 1. The number of allylic oxidation sites excluding steroid dienone is 1. The smallest absolute Gasteiger partial charge is 0.259 e. The highest BCUT2D eigenvalue weighted by Crippen LogP contribution is 2.30. The Labute approximate surface area is 176 Å². The summed E-state index contributed by atoms with van der Waals surface area (Å²) in [4.78, 5) is 19.3.